The molecule has 0 atom stereocenters. The second-order valence-corrected chi connectivity index (χ2v) is 27.3. The van der Waals surface area contributed by atoms with Gasteiger partial charge in [-0.25, -0.2) is 9.97 Å². The SMILES string of the molecule is CCCCCCCCOc1ccc(C(C)(C)CC(C)(C)C)cc1C.CCCCCCCCOc1ccc(C(C)(C)CC(C)(C)C)cc1CNc1nc(-c2cccc(Cl)c2)cs1.NC(N)=S.Nc1nc(-c2ccc(Cl)cc2)cs1. The molecule has 0 aliphatic carbocycles. The zero-order valence-corrected chi connectivity index (χ0v) is 53.6. The number of thiocarbonyl (C=S) groups is 1. The standard InChI is InChI=1S/C32H45ClN2OS.C23H40O.C9H7ClN2S.CH4N2S/c1-7-8-9-10-11-12-18-36-29-17-16-26(32(5,6)23-31(2,3)4)19-25(29)21-34-30-35-28(22-37-30)24-14-13-15-27(33)20-24;1-8-9-10-11-12-13-16-24-21-15-14-20(17-19(21)2)23(6,7)18-22(3,4)5;10-7-3-1-6(2-4-7)8-5-13-9(11)12-8;2-1(3)4/h13-17,19-20,22H,7-12,18,21,23H2,1-6H3,(H,34,35);14-15,17H,8-13,16,18H2,1-7H3;1-5H,(H2,11,12);(H4,2,3,4). The summed E-state index contributed by atoms with van der Waals surface area (Å²) < 4.78 is 12.3. The molecule has 8 nitrogen and oxygen atoms in total. The molecule has 0 amide bonds. The van der Waals surface area contributed by atoms with E-state index in [1.54, 1.807) is 11.3 Å². The Balaban J connectivity index is 0.000000330. The Labute approximate surface area is 495 Å². The van der Waals surface area contributed by atoms with E-state index in [0.29, 0.717) is 17.1 Å². The quantitative estimate of drug-likeness (QED) is 0.0326. The van der Waals surface area contributed by atoms with Crippen molar-refractivity contribution in [1.29, 1.82) is 0 Å². The van der Waals surface area contributed by atoms with Gasteiger partial charge in [0.15, 0.2) is 15.4 Å². The number of aryl methyl sites for hydroxylation is 1. The van der Waals surface area contributed by atoms with Gasteiger partial charge in [-0.2, -0.15) is 0 Å². The zero-order valence-electron chi connectivity index (χ0n) is 49.7. The molecule has 2 aromatic heterocycles. The van der Waals surface area contributed by atoms with Gasteiger partial charge in [-0.05, 0) is 126 Å². The van der Waals surface area contributed by atoms with E-state index in [9.17, 15) is 0 Å². The number of rotatable bonds is 25. The van der Waals surface area contributed by atoms with Crippen molar-refractivity contribution >= 4 is 73.5 Å². The van der Waals surface area contributed by atoms with Crippen molar-refractivity contribution in [2.75, 3.05) is 24.3 Å². The van der Waals surface area contributed by atoms with Crippen molar-refractivity contribution in [3.05, 3.63) is 128 Å². The molecular weight excluding hydrogens is 1060 g/mol. The van der Waals surface area contributed by atoms with Crippen LogP contribution in [0.15, 0.2) is 95.7 Å². The lowest BCUT2D eigenvalue weighted by Gasteiger charge is -2.33. The normalized spacial score (nSPS) is 11.6. The Morgan fingerprint density at radius 1 is 0.577 bits per heavy atom. The highest BCUT2D eigenvalue weighted by molar-refractivity contribution is 7.80. The first-order chi connectivity index (χ1) is 36.7. The average Bonchev–Trinajstić information content (AvgIpc) is 4.02. The third-order valence-electron chi connectivity index (χ3n) is 13.0. The molecule has 0 saturated heterocycles. The second kappa shape index (κ2) is 34.0. The van der Waals surface area contributed by atoms with Gasteiger partial charge < -0.3 is 32.0 Å². The third-order valence-corrected chi connectivity index (χ3v) is 14.9. The largest absolute Gasteiger partial charge is 0.493 e. The van der Waals surface area contributed by atoms with Crippen molar-refractivity contribution in [3.8, 4) is 34.0 Å². The summed E-state index contributed by atoms with van der Waals surface area (Å²) in [5.74, 6) is 2.03. The van der Waals surface area contributed by atoms with Crippen LogP contribution in [0.5, 0.6) is 11.5 Å². The summed E-state index contributed by atoms with van der Waals surface area (Å²) in [5, 5.41) is 10.5. The number of nitrogen functional groups attached to an aromatic ring is 1. The number of halogens is 2. The lowest BCUT2D eigenvalue weighted by atomic mass is 9.72. The molecule has 6 rings (SSSR count). The van der Waals surface area contributed by atoms with Crippen LogP contribution in [0.4, 0.5) is 10.3 Å². The van der Waals surface area contributed by atoms with Crippen LogP contribution in [0.25, 0.3) is 22.5 Å². The monoisotopic (exact) mass is 1160 g/mol. The van der Waals surface area contributed by atoms with Gasteiger partial charge in [-0.1, -0.05) is 213 Å². The number of nitrogens with one attached hydrogen (secondary N) is 1. The van der Waals surface area contributed by atoms with E-state index in [1.165, 1.54) is 111 Å². The molecular formula is C65H96Cl2N6O2S3. The molecule has 0 unspecified atom stereocenters. The van der Waals surface area contributed by atoms with Crippen LogP contribution < -0.4 is 32.0 Å². The number of unbranched alkanes of at least 4 members (excludes halogenated alkanes) is 10. The maximum atomic E-state index is 6.32. The Morgan fingerprint density at radius 2 is 1.06 bits per heavy atom. The van der Waals surface area contributed by atoms with Crippen molar-refractivity contribution in [1.82, 2.24) is 9.97 Å². The Morgan fingerprint density at radius 3 is 1.56 bits per heavy atom. The van der Waals surface area contributed by atoms with Crippen LogP contribution in [-0.4, -0.2) is 28.3 Å². The van der Waals surface area contributed by atoms with Crippen LogP contribution in [0.3, 0.4) is 0 Å². The number of hydrogen-bond acceptors (Lipinski definition) is 9. The Bertz CT molecular complexity index is 2650. The molecule has 78 heavy (non-hydrogen) atoms. The molecule has 0 aliphatic heterocycles. The van der Waals surface area contributed by atoms with Crippen LogP contribution in [0.2, 0.25) is 10.0 Å². The summed E-state index contributed by atoms with van der Waals surface area (Å²) in [6.07, 6.45) is 17.7. The molecule has 7 N–H and O–H groups in total. The first-order valence-corrected chi connectivity index (χ1v) is 31.1. The number of anilines is 2. The van der Waals surface area contributed by atoms with Gasteiger partial charge in [0.1, 0.15) is 11.5 Å². The molecule has 430 valence electrons. The number of benzene rings is 4. The smallest absolute Gasteiger partial charge is 0.183 e. The summed E-state index contributed by atoms with van der Waals surface area (Å²) >= 11 is 19.1. The van der Waals surface area contributed by atoms with Crippen molar-refractivity contribution in [2.45, 2.75) is 197 Å². The van der Waals surface area contributed by atoms with E-state index in [2.05, 4.69) is 166 Å². The van der Waals surface area contributed by atoms with Crippen molar-refractivity contribution in [3.63, 3.8) is 0 Å². The summed E-state index contributed by atoms with van der Waals surface area (Å²) in [6, 6.07) is 28.9. The van der Waals surface area contributed by atoms with Crippen LogP contribution in [0, 0.1) is 17.8 Å². The summed E-state index contributed by atoms with van der Waals surface area (Å²) in [4.78, 5) is 8.97. The molecule has 0 bridgehead atoms. The maximum absolute atomic E-state index is 6.32. The maximum Gasteiger partial charge on any atom is 0.183 e. The molecule has 2 heterocycles. The van der Waals surface area contributed by atoms with Crippen LogP contribution >= 0.6 is 58.1 Å². The van der Waals surface area contributed by atoms with E-state index < -0.39 is 0 Å². The Hall–Kier alpha value is -4.39. The number of aromatic nitrogens is 2. The van der Waals surface area contributed by atoms with E-state index >= 15 is 0 Å². The van der Waals surface area contributed by atoms with Gasteiger partial charge in [0, 0.05) is 44.0 Å². The fraction of sp³-hybridized carbons (Fsp3) is 0.523. The molecule has 0 radical (unpaired) electrons. The van der Waals surface area contributed by atoms with Crippen LogP contribution in [-0.2, 0) is 17.4 Å². The fourth-order valence-corrected chi connectivity index (χ4v) is 11.5. The molecule has 6 aromatic rings. The molecule has 0 saturated carbocycles. The minimum absolute atomic E-state index is 0.000000000000000222. The highest BCUT2D eigenvalue weighted by Crippen LogP contribution is 2.40. The first kappa shape index (κ1) is 67.9. The van der Waals surface area contributed by atoms with Gasteiger partial charge in [0.2, 0.25) is 0 Å². The molecule has 13 heteroatoms. The number of nitrogens with two attached hydrogens (primary N) is 3. The Kier molecular flexibility index (Phi) is 29.6. The average molecular weight is 1160 g/mol. The van der Waals surface area contributed by atoms with Gasteiger partial charge in [0.25, 0.3) is 0 Å². The molecule has 0 fully saturated rings. The second-order valence-electron chi connectivity index (χ2n) is 24.2. The van der Waals surface area contributed by atoms with Crippen molar-refractivity contribution < 1.29 is 9.47 Å². The van der Waals surface area contributed by atoms with Gasteiger partial charge in [-0.15, -0.1) is 22.7 Å². The van der Waals surface area contributed by atoms with Gasteiger partial charge >= 0.3 is 0 Å². The fourth-order valence-electron chi connectivity index (χ4n) is 9.84. The topological polar surface area (TPSA) is 134 Å². The number of hydrogen-bond donors (Lipinski definition) is 4. The minimum atomic E-state index is 0.000000000000000222. The van der Waals surface area contributed by atoms with Gasteiger partial charge in [0.05, 0.1) is 24.6 Å². The number of nitrogens with zero attached hydrogens (tertiary/aromatic N) is 2. The van der Waals surface area contributed by atoms with E-state index in [0.717, 1.165) is 75.2 Å². The zero-order chi connectivity index (χ0) is 57.9. The van der Waals surface area contributed by atoms with Gasteiger partial charge in [-0.3, -0.25) is 0 Å². The highest BCUT2D eigenvalue weighted by atomic mass is 35.5. The number of thiazole rings is 2. The predicted molar refractivity (Wildman–Crippen MR) is 347 cm³/mol. The van der Waals surface area contributed by atoms with Crippen molar-refractivity contribution in [2.24, 2.45) is 22.3 Å². The highest BCUT2D eigenvalue weighted by Gasteiger charge is 2.29. The minimum Gasteiger partial charge on any atom is -0.493 e. The van der Waals surface area contributed by atoms with Crippen LogP contribution in [0.1, 0.15) is 195 Å². The summed E-state index contributed by atoms with van der Waals surface area (Å²) in [7, 11) is 0. The van der Waals surface area contributed by atoms with E-state index in [1.807, 2.05) is 53.9 Å². The molecule has 0 aliphatic rings. The molecule has 0 spiro atoms. The van der Waals surface area contributed by atoms with E-state index in [4.69, 9.17) is 43.4 Å². The molecule has 4 aromatic carbocycles. The van der Waals surface area contributed by atoms with E-state index in [-0.39, 0.29) is 21.4 Å². The first-order valence-electron chi connectivity index (χ1n) is 28.2. The summed E-state index contributed by atoms with van der Waals surface area (Å²) in [5.41, 5.74) is 24.8. The lowest BCUT2D eigenvalue weighted by Crippen LogP contribution is -2.25. The number of ether oxygens (including phenoxy) is 2. The summed E-state index contributed by atoms with van der Waals surface area (Å²) in [6.45, 7) is 32.3. The predicted octanol–water partition coefficient (Wildman–Crippen LogP) is 20.2. The lowest BCUT2D eigenvalue weighted by molar-refractivity contribution is 0.282. The third kappa shape index (κ3) is 27.2.